The summed E-state index contributed by atoms with van der Waals surface area (Å²) in [5.41, 5.74) is -0.430. The summed E-state index contributed by atoms with van der Waals surface area (Å²) >= 11 is 11.1. The van der Waals surface area contributed by atoms with E-state index in [0.29, 0.717) is 0 Å². The zero-order valence-electron chi connectivity index (χ0n) is 12.3. The van der Waals surface area contributed by atoms with Crippen molar-refractivity contribution in [3.63, 3.8) is 0 Å². The first-order chi connectivity index (χ1) is 11.6. The fourth-order valence-corrected chi connectivity index (χ4v) is 2.33. The smallest absolute Gasteiger partial charge is 0.493 e. The Kier molecular flexibility index (Phi) is 5.64. The quantitative estimate of drug-likeness (QED) is 0.488. The molecule has 0 saturated heterocycles. The maximum Gasteiger partial charge on any atom is 0.573 e. The summed E-state index contributed by atoms with van der Waals surface area (Å²) in [4.78, 5) is 11.5. The molecule has 10 heteroatoms. The van der Waals surface area contributed by atoms with E-state index >= 15 is 0 Å². The number of carbonyl (C=O) groups excluding carboxylic acids is 1. The average molecular weight is 399 g/mol. The van der Waals surface area contributed by atoms with Gasteiger partial charge in [0.05, 0.1) is 17.7 Å². The standard InChI is InChI=1S/C15H8Cl2F4O4/c1-23-11-6-7(25-15(19,20)21)2-4-9(11)24-10-5-3-8(18)13(16)12(10)14(17)22/h2-6H,1H3. The topological polar surface area (TPSA) is 44.8 Å². The minimum absolute atomic E-state index is 0.0705. The first-order valence-corrected chi connectivity index (χ1v) is 7.17. The van der Waals surface area contributed by atoms with E-state index in [-0.39, 0.29) is 17.2 Å². The van der Waals surface area contributed by atoms with Crippen molar-refractivity contribution in [1.29, 1.82) is 0 Å². The van der Waals surface area contributed by atoms with E-state index in [1.807, 2.05) is 0 Å². The number of rotatable bonds is 5. The second-order valence-electron chi connectivity index (χ2n) is 4.47. The Morgan fingerprint density at radius 3 is 2.28 bits per heavy atom. The summed E-state index contributed by atoms with van der Waals surface area (Å²) in [7, 11) is 1.19. The van der Waals surface area contributed by atoms with Crippen LogP contribution in [0.1, 0.15) is 10.4 Å². The summed E-state index contributed by atoms with van der Waals surface area (Å²) in [6, 6.07) is 5.04. The molecular formula is C15H8Cl2F4O4. The van der Waals surface area contributed by atoms with E-state index in [4.69, 9.17) is 32.7 Å². The molecule has 2 aromatic carbocycles. The van der Waals surface area contributed by atoms with Crippen LogP contribution in [0.5, 0.6) is 23.0 Å². The summed E-state index contributed by atoms with van der Waals surface area (Å²) in [5.74, 6) is -1.83. The van der Waals surface area contributed by atoms with Gasteiger partial charge in [-0.25, -0.2) is 4.39 Å². The first-order valence-electron chi connectivity index (χ1n) is 6.42. The zero-order valence-corrected chi connectivity index (χ0v) is 13.8. The second kappa shape index (κ2) is 7.37. The maximum atomic E-state index is 13.5. The summed E-state index contributed by atoms with van der Waals surface area (Å²) < 4.78 is 64.3. The Labute approximate surface area is 148 Å². The fourth-order valence-electron chi connectivity index (χ4n) is 1.85. The van der Waals surface area contributed by atoms with E-state index in [1.54, 1.807) is 0 Å². The van der Waals surface area contributed by atoms with Gasteiger partial charge in [-0.2, -0.15) is 0 Å². The Morgan fingerprint density at radius 2 is 1.72 bits per heavy atom. The number of carbonyl (C=O) groups is 1. The molecule has 0 heterocycles. The molecule has 0 unspecified atom stereocenters. The normalized spacial score (nSPS) is 11.2. The zero-order chi connectivity index (χ0) is 18.8. The Balaban J connectivity index is 2.41. The number of hydrogen-bond acceptors (Lipinski definition) is 4. The number of alkyl halides is 3. The lowest BCUT2D eigenvalue weighted by Gasteiger charge is -2.15. The highest BCUT2D eigenvalue weighted by atomic mass is 35.5. The molecule has 2 aromatic rings. The maximum absolute atomic E-state index is 13.5. The van der Waals surface area contributed by atoms with Crippen molar-refractivity contribution in [3.05, 3.63) is 46.7 Å². The molecule has 0 amide bonds. The molecule has 0 aliphatic heterocycles. The van der Waals surface area contributed by atoms with Gasteiger partial charge in [0.1, 0.15) is 17.3 Å². The summed E-state index contributed by atoms with van der Waals surface area (Å²) in [5, 5.41) is -1.62. The molecular weight excluding hydrogens is 391 g/mol. The first kappa shape index (κ1) is 19.1. The van der Waals surface area contributed by atoms with Gasteiger partial charge in [0.25, 0.3) is 5.24 Å². The lowest BCUT2D eigenvalue weighted by Crippen LogP contribution is -2.17. The lowest BCUT2D eigenvalue weighted by molar-refractivity contribution is -0.274. The highest BCUT2D eigenvalue weighted by Crippen LogP contribution is 2.39. The van der Waals surface area contributed by atoms with Crippen LogP contribution in [0.25, 0.3) is 0 Å². The number of benzene rings is 2. The van der Waals surface area contributed by atoms with Crippen molar-refractivity contribution in [2.75, 3.05) is 7.11 Å². The monoisotopic (exact) mass is 398 g/mol. The molecule has 4 nitrogen and oxygen atoms in total. The predicted octanol–water partition coefficient (Wildman–Crippen LogP) is 5.56. The van der Waals surface area contributed by atoms with Crippen LogP contribution in [-0.4, -0.2) is 18.7 Å². The lowest BCUT2D eigenvalue weighted by atomic mass is 10.2. The molecule has 0 atom stereocenters. The van der Waals surface area contributed by atoms with Crippen LogP contribution in [0, 0.1) is 5.82 Å². The Bertz CT molecular complexity index is 809. The third-order valence-electron chi connectivity index (χ3n) is 2.84. The van der Waals surface area contributed by atoms with Crippen LogP contribution < -0.4 is 14.2 Å². The molecule has 134 valence electrons. The van der Waals surface area contributed by atoms with E-state index < -0.39 is 33.8 Å². The van der Waals surface area contributed by atoms with Crippen molar-refractivity contribution in [3.8, 4) is 23.0 Å². The summed E-state index contributed by atoms with van der Waals surface area (Å²) in [6.07, 6.45) is -4.88. The van der Waals surface area contributed by atoms with Gasteiger partial charge in [-0.15, -0.1) is 13.2 Å². The highest BCUT2D eigenvalue weighted by molar-refractivity contribution is 6.69. The van der Waals surface area contributed by atoms with Gasteiger partial charge in [-0.1, -0.05) is 11.6 Å². The third kappa shape index (κ3) is 4.67. The number of ether oxygens (including phenoxy) is 3. The molecule has 0 fully saturated rings. The van der Waals surface area contributed by atoms with E-state index in [0.717, 1.165) is 30.3 Å². The van der Waals surface area contributed by atoms with Crippen molar-refractivity contribution in [2.24, 2.45) is 0 Å². The number of halogens is 6. The van der Waals surface area contributed by atoms with Gasteiger partial charge in [0.15, 0.2) is 11.5 Å². The average Bonchev–Trinajstić information content (AvgIpc) is 2.50. The fraction of sp³-hybridized carbons (Fsp3) is 0.133. The van der Waals surface area contributed by atoms with Gasteiger partial charge >= 0.3 is 6.36 Å². The summed E-state index contributed by atoms with van der Waals surface area (Å²) in [6.45, 7) is 0. The van der Waals surface area contributed by atoms with Gasteiger partial charge < -0.3 is 14.2 Å². The molecule has 0 aliphatic rings. The molecule has 0 N–H and O–H groups in total. The van der Waals surface area contributed by atoms with Gasteiger partial charge in [0.2, 0.25) is 0 Å². The van der Waals surface area contributed by atoms with Gasteiger partial charge in [-0.3, -0.25) is 4.79 Å². The van der Waals surface area contributed by atoms with Crippen molar-refractivity contribution in [2.45, 2.75) is 6.36 Å². The minimum atomic E-state index is -4.88. The molecule has 0 radical (unpaired) electrons. The second-order valence-corrected chi connectivity index (χ2v) is 5.19. The van der Waals surface area contributed by atoms with Gasteiger partial charge in [0, 0.05) is 6.07 Å². The van der Waals surface area contributed by atoms with Crippen LogP contribution in [0.15, 0.2) is 30.3 Å². The molecule has 0 saturated carbocycles. The molecule has 0 bridgehead atoms. The molecule has 2 rings (SSSR count). The molecule has 0 spiro atoms. The number of methoxy groups -OCH3 is 1. The van der Waals surface area contributed by atoms with E-state index in [2.05, 4.69) is 4.74 Å². The van der Waals surface area contributed by atoms with Gasteiger partial charge in [-0.05, 0) is 35.9 Å². The molecule has 0 aromatic heterocycles. The van der Waals surface area contributed by atoms with E-state index in [1.165, 1.54) is 7.11 Å². The van der Waals surface area contributed by atoms with Crippen LogP contribution in [-0.2, 0) is 0 Å². The van der Waals surface area contributed by atoms with Crippen molar-refractivity contribution < 1.29 is 36.6 Å². The molecule has 25 heavy (non-hydrogen) atoms. The molecule has 0 aliphatic carbocycles. The number of hydrogen-bond donors (Lipinski definition) is 0. The van der Waals surface area contributed by atoms with Crippen LogP contribution in [0.3, 0.4) is 0 Å². The van der Waals surface area contributed by atoms with Crippen LogP contribution >= 0.6 is 23.2 Å². The minimum Gasteiger partial charge on any atom is -0.493 e. The Morgan fingerprint density at radius 1 is 1.08 bits per heavy atom. The predicted molar refractivity (Wildman–Crippen MR) is 81.3 cm³/mol. The van der Waals surface area contributed by atoms with Crippen LogP contribution in [0.2, 0.25) is 5.02 Å². The Hall–Kier alpha value is -2.19. The third-order valence-corrected chi connectivity index (χ3v) is 3.40. The van der Waals surface area contributed by atoms with Crippen molar-refractivity contribution >= 4 is 28.4 Å². The van der Waals surface area contributed by atoms with E-state index in [9.17, 15) is 22.4 Å². The van der Waals surface area contributed by atoms with Crippen LogP contribution in [0.4, 0.5) is 17.6 Å². The van der Waals surface area contributed by atoms with Crippen molar-refractivity contribution in [1.82, 2.24) is 0 Å². The largest absolute Gasteiger partial charge is 0.573 e. The SMILES string of the molecule is COc1cc(OC(F)(F)F)ccc1Oc1ccc(F)c(Cl)c1C(=O)Cl. The highest BCUT2D eigenvalue weighted by Gasteiger charge is 2.31.